The Morgan fingerprint density at radius 3 is 2.79 bits per heavy atom. The van der Waals surface area contributed by atoms with Gasteiger partial charge in [0.2, 0.25) is 11.8 Å². The molecule has 1 aliphatic rings. The van der Waals surface area contributed by atoms with Crippen molar-refractivity contribution in [3.8, 4) is 0 Å². The number of carbonyl (C=O) groups excluding carboxylic acids is 1. The number of nitrogens with zero attached hydrogens (tertiary/aromatic N) is 2. The summed E-state index contributed by atoms with van der Waals surface area (Å²) in [6.45, 7) is 7.60. The second-order valence-corrected chi connectivity index (χ2v) is 7.37. The molecule has 0 saturated carbocycles. The number of likely N-dealkylation sites (tertiary alicyclic amines) is 1. The van der Waals surface area contributed by atoms with Gasteiger partial charge in [0.1, 0.15) is 5.76 Å². The van der Waals surface area contributed by atoms with E-state index in [0.717, 1.165) is 37.5 Å². The van der Waals surface area contributed by atoms with Gasteiger partial charge in [-0.3, -0.25) is 4.79 Å². The topological polar surface area (TPSA) is 46.3 Å². The molecular formula is C20H26N2O2. The quantitative estimate of drug-likeness (QED) is 0.858. The Labute approximate surface area is 143 Å². The van der Waals surface area contributed by atoms with Gasteiger partial charge in [-0.05, 0) is 25.3 Å². The van der Waals surface area contributed by atoms with Crippen LogP contribution in [0.1, 0.15) is 50.8 Å². The summed E-state index contributed by atoms with van der Waals surface area (Å²) in [5, 5.41) is 0. The Morgan fingerprint density at radius 2 is 2.08 bits per heavy atom. The number of amides is 1. The number of aromatic nitrogens is 1. The molecule has 1 atom stereocenters. The molecule has 4 heteroatoms. The van der Waals surface area contributed by atoms with E-state index in [9.17, 15) is 4.79 Å². The van der Waals surface area contributed by atoms with Crippen molar-refractivity contribution in [2.45, 2.75) is 45.4 Å². The first-order chi connectivity index (χ1) is 11.5. The van der Waals surface area contributed by atoms with Gasteiger partial charge >= 0.3 is 0 Å². The third-order valence-electron chi connectivity index (χ3n) is 4.79. The summed E-state index contributed by atoms with van der Waals surface area (Å²) in [7, 11) is 0. The molecule has 1 aromatic heterocycles. The fraction of sp³-hybridized carbons (Fsp3) is 0.500. The Balaban J connectivity index is 1.74. The lowest BCUT2D eigenvalue weighted by Gasteiger charge is -2.39. The molecule has 1 unspecified atom stereocenters. The molecule has 3 rings (SSSR count). The number of oxazole rings is 1. The fourth-order valence-corrected chi connectivity index (χ4v) is 3.43. The van der Waals surface area contributed by atoms with Crippen LogP contribution < -0.4 is 0 Å². The van der Waals surface area contributed by atoms with Gasteiger partial charge in [0.15, 0.2) is 0 Å². The Hall–Kier alpha value is -2.10. The predicted octanol–water partition coefficient (Wildman–Crippen LogP) is 3.80. The van der Waals surface area contributed by atoms with Crippen molar-refractivity contribution in [1.29, 1.82) is 0 Å². The van der Waals surface area contributed by atoms with Crippen molar-refractivity contribution in [2.75, 3.05) is 13.1 Å². The molecule has 128 valence electrons. The van der Waals surface area contributed by atoms with Crippen molar-refractivity contribution < 1.29 is 9.21 Å². The summed E-state index contributed by atoms with van der Waals surface area (Å²) in [4.78, 5) is 18.8. The molecule has 0 N–H and O–H groups in total. The minimum absolute atomic E-state index is 0.0329. The van der Waals surface area contributed by atoms with Gasteiger partial charge in [-0.15, -0.1) is 0 Å². The van der Waals surface area contributed by atoms with Crippen molar-refractivity contribution in [2.24, 2.45) is 5.92 Å². The number of piperidine rings is 1. The molecule has 0 spiro atoms. The zero-order chi connectivity index (χ0) is 17.2. The third-order valence-corrected chi connectivity index (χ3v) is 4.79. The lowest BCUT2D eigenvalue weighted by Crippen LogP contribution is -2.48. The summed E-state index contributed by atoms with van der Waals surface area (Å²) >= 11 is 0. The molecule has 0 radical (unpaired) electrons. The number of hydrogen-bond acceptors (Lipinski definition) is 3. The van der Waals surface area contributed by atoms with E-state index in [2.05, 4.69) is 24.0 Å². The molecule has 4 nitrogen and oxygen atoms in total. The maximum atomic E-state index is 12.3. The van der Waals surface area contributed by atoms with E-state index in [1.807, 2.05) is 43.1 Å². The summed E-state index contributed by atoms with van der Waals surface area (Å²) in [5.41, 5.74) is 1.02. The monoisotopic (exact) mass is 326 g/mol. The standard InChI is InChI=1S/C20H26N2O2/c1-15(2)18(23)22-11-7-10-20(3,14-22)19-21-13-17(24-19)12-16-8-5-4-6-9-16/h4-6,8-9,13,15H,7,10-12,14H2,1-3H3. The third kappa shape index (κ3) is 3.53. The van der Waals surface area contributed by atoms with Gasteiger partial charge in [0.05, 0.1) is 11.6 Å². The van der Waals surface area contributed by atoms with E-state index in [0.29, 0.717) is 6.54 Å². The van der Waals surface area contributed by atoms with Crippen LogP contribution in [0.3, 0.4) is 0 Å². The minimum Gasteiger partial charge on any atom is -0.445 e. The zero-order valence-corrected chi connectivity index (χ0v) is 14.8. The fourth-order valence-electron chi connectivity index (χ4n) is 3.43. The van der Waals surface area contributed by atoms with Gasteiger partial charge in [-0.25, -0.2) is 4.98 Å². The van der Waals surface area contributed by atoms with Gasteiger partial charge in [-0.1, -0.05) is 44.2 Å². The van der Waals surface area contributed by atoms with Gasteiger partial charge in [0.25, 0.3) is 0 Å². The summed E-state index contributed by atoms with van der Waals surface area (Å²) < 4.78 is 6.07. The first-order valence-corrected chi connectivity index (χ1v) is 8.76. The highest BCUT2D eigenvalue weighted by molar-refractivity contribution is 5.78. The SMILES string of the molecule is CC(C)C(=O)N1CCCC(C)(c2ncc(Cc3ccccc3)o2)C1. The van der Waals surface area contributed by atoms with E-state index < -0.39 is 0 Å². The van der Waals surface area contributed by atoms with E-state index in [1.54, 1.807) is 0 Å². The van der Waals surface area contributed by atoms with Crippen molar-refractivity contribution in [3.05, 3.63) is 53.7 Å². The molecule has 2 heterocycles. The van der Waals surface area contributed by atoms with E-state index in [1.165, 1.54) is 5.56 Å². The molecule has 1 aliphatic heterocycles. The van der Waals surface area contributed by atoms with Crippen molar-refractivity contribution in [1.82, 2.24) is 9.88 Å². The average molecular weight is 326 g/mol. The molecule has 1 amide bonds. The van der Waals surface area contributed by atoms with Crippen molar-refractivity contribution in [3.63, 3.8) is 0 Å². The molecule has 2 aromatic rings. The maximum Gasteiger partial charge on any atom is 0.225 e. The van der Waals surface area contributed by atoms with Crippen LogP contribution in [0.2, 0.25) is 0 Å². The second-order valence-electron chi connectivity index (χ2n) is 7.37. The van der Waals surface area contributed by atoms with Crippen LogP contribution in [0.15, 0.2) is 40.9 Å². The van der Waals surface area contributed by atoms with Crippen LogP contribution in [0, 0.1) is 5.92 Å². The number of hydrogen-bond donors (Lipinski definition) is 0. The normalized spacial score (nSPS) is 21.2. The van der Waals surface area contributed by atoms with Gasteiger partial charge in [-0.2, -0.15) is 0 Å². The van der Waals surface area contributed by atoms with E-state index in [4.69, 9.17) is 4.42 Å². The van der Waals surface area contributed by atoms with Crippen LogP contribution in [0.25, 0.3) is 0 Å². The molecule has 0 aliphatic carbocycles. The summed E-state index contributed by atoms with van der Waals surface area (Å²) in [5.74, 6) is 1.89. The lowest BCUT2D eigenvalue weighted by atomic mass is 9.81. The van der Waals surface area contributed by atoms with Gasteiger partial charge in [0, 0.05) is 25.4 Å². The molecule has 1 saturated heterocycles. The van der Waals surface area contributed by atoms with Crippen LogP contribution in [0.4, 0.5) is 0 Å². The van der Waals surface area contributed by atoms with Crippen LogP contribution >= 0.6 is 0 Å². The summed E-state index contributed by atoms with van der Waals surface area (Å²) in [6.07, 6.45) is 4.57. The largest absolute Gasteiger partial charge is 0.445 e. The maximum absolute atomic E-state index is 12.3. The second kappa shape index (κ2) is 6.80. The Kier molecular flexibility index (Phi) is 4.74. The van der Waals surface area contributed by atoms with Crippen LogP contribution in [0.5, 0.6) is 0 Å². The highest BCUT2D eigenvalue weighted by Gasteiger charge is 2.38. The first kappa shape index (κ1) is 16.7. The van der Waals surface area contributed by atoms with Crippen LogP contribution in [-0.2, 0) is 16.6 Å². The lowest BCUT2D eigenvalue weighted by molar-refractivity contribution is -0.136. The molecule has 0 bridgehead atoms. The smallest absolute Gasteiger partial charge is 0.225 e. The van der Waals surface area contributed by atoms with Crippen molar-refractivity contribution >= 4 is 5.91 Å². The van der Waals surface area contributed by atoms with Gasteiger partial charge < -0.3 is 9.32 Å². The number of carbonyl (C=O) groups is 1. The minimum atomic E-state index is -0.197. The number of rotatable bonds is 4. The Morgan fingerprint density at radius 1 is 1.33 bits per heavy atom. The molecular weight excluding hydrogens is 300 g/mol. The zero-order valence-electron chi connectivity index (χ0n) is 14.8. The molecule has 1 aromatic carbocycles. The first-order valence-electron chi connectivity index (χ1n) is 8.76. The van der Waals surface area contributed by atoms with Crippen LogP contribution in [-0.4, -0.2) is 28.9 Å². The predicted molar refractivity (Wildman–Crippen MR) is 93.8 cm³/mol. The Bertz CT molecular complexity index is 693. The molecule has 1 fully saturated rings. The highest BCUT2D eigenvalue weighted by Crippen LogP contribution is 2.34. The van der Waals surface area contributed by atoms with E-state index in [-0.39, 0.29) is 17.2 Å². The molecule has 24 heavy (non-hydrogen) atoms. The highest BCUT2D eigenvalue weighted by atomic mass is 16.4. The average Bonchev–Trinajstić information content (AvgIpc) is 3.04. The summed E-state index contributed by atoms with van der Waals surface area (Å²) in [6, 6.07) is 10.3. The van der Waals surface area contributed by atoms with E-state index >= 15 is 0 Å². The number of benzene rings is 1.